The highest BCUT2D eigenvalue weighted by Gasteiger charge is 2.25. The molecule has 1 saturated heterocycles. The van der Waals surface area contributed by atoms with Crippen LogP contribution in [0.4, 0.5) is 0 Å². The quantitative estimate of drug-likeness (QED) is 0.806. The first-order valence-corrected chi connectivity index (χ1v) is 10.7. The van der Waals surface area contributed by atoms with Crippen LogP contribution in [-0.2, 0) is 11.3 Å². The van der Waals surface area contributed by atoms with Crippen molar-refractivity contribution in [1.82, 2.24) is 14.9 Å². The minimum absolute atomic E-state index is 0.0387. The molecule has 0 unspecified atom stereocenters. The lowest BCUT2D eigenvalue weighted by Gasteiger charge is -2.16. The van der Waals surface area contributed by atoms with Crippen LogP contribution in [0, 0.1) is 13.8 Å². The third kappa shape index (κ3) is 3.77. The number of nitrogens with zero attached hydrogens (tertiary/aromatic N) is 2. The standard InChI is InChI=1S/C18H25N3O2S2/c1-4-5-10-21-17(23)14-11(2)12(3)24-16(14)20-18(21)25-13-8-6-7-9-19-15(13)22/h13H,4-10H2,1-3H3,(H,19,22)/t13-/m1/s1. The molecular weight excluding hydrogens is 354 g/mol. The number of amides is 1. The van der Waals surface area contributed by atoms with Crippen molar-refractivity contribution in [3.63, 3.8) is 0 Å². The van der Waals surface area contributed by atoms with Crippen LogP contribution in [0.1, 0.15) is 49.5 Å². The van der Waals surface area contributed by atoms with Crippen LogP contribution in [-0.4, -0.2) is 27.3 Å². The van der Waals surface area contributed by atoms with E-state index in [1.807, 2.05) is 13.8 Å². The Morgan fingerprint density at radius 2 is 2.12 bits per heavy atom. The highest BCUT2D eigenvalue weighted by molar-refractivity contribution is 8.00. The maximum Gasteiger partial charge on any atom is 0.263 e. The van der Waals surface area contributed by atoms with E-state index in [0.29, 0.717) is 11.7 Å². The first-order valence-electron chi connectivity index (χ1n) is 8.97. The summed E-state index contributed by atoms with van der Waals surface area (Å²) in [5.74, 6) is 0.0671. The van der Waals surface area contributed by atoms with E-state index in [1.165, 1.54) is 11.8 Å². The molecule has 25 heavy (non-hydrogen) atoms. The molecule has 0 aliphatic carbocycles. The third-order valence-corrected chi connectivity index (χ3v) is 7.08. The Hall–Kier alpha value is -1.34. The fourth-order valence-corrected chi connectivity index (χ4v) is 5.32. The number of rotatable bonds is 5. The average molecular weight is 380 g/mol. The molecular formula is C18H25N3O2S2. The van der Waals surface area contributed by atoms with Crippen LogP contribution >= 0.6 is 23.1 Å². The predicted molar refractivity (Wildman–Crippen MR) is 105 cm³/mol. The van der Waals surface area contributed by atoms with Crippen LogP contribution < -0.4 is 10.9 Å². The van der Waals surface area contributed by atoms with Crippen LogP contribution in [0.15, 0.2) is 9.95 Å². The van der Waals surface area contributed by atoms with Crippen LogP contribution in [0.5, 0.6) is 0 Å². The second kappa shape index (κ2) is 7.91. The van der Waals surface area contributed by atoms with E-state index in [0.717, 1.165) is 59.3 Å². The van der Waals surface area contributed by atoms with Gasteiger partial charge in [0.25, 0.3) is 5.56 Å². The van der Waals surface area contributed by atoms with Gasteiger partial charge < -0.3 is 5.32 Å². The molecule has 0 radical (unpaired) electrons. The van der Waals surface area contributed by atoms with Gasteiger partial charge in [0.1, 0.15) is 4.83 Å². The molecule has 1 aliphatic rings. The molecule has 2 aromatic heterocycles. The fraction of sp³-hybridized carbons (Fsp3) is 0.611. The molecule has 0 saturated carbocycles. The van der Waals surface area contributed by atoms with Crippen molar-refractivity contribution in [2.45, 2.75) is 69.8 Å². The summed E-state index contributed by atoms with van der Waals surface area (Å²) in [6, 6.07) is 0. The Bertz CT molecular complexity index is 841. The van der Waals surface area contributed by atoms with Gasteiger partial charge >= 0.3 is 0 Å². The Morgan fingerprint density at radius 1 is 1.32 bits per heavy atom. The Balaban J connectivity index is 2.05. The summed E-state index contributed by atoms with van der Waals surface area (Å²) < 4.78 is 1.79. The maximum absolute atomic E-state index is 13.1. The summed E-state index contributed by atoms with van der Waals surface area (Å²) >= 11 is 3.02. The van der Waals surface area contributed by atoms with Crippen molar-refractivity contribution in [3.05, 3.63) is 20.8 Å². The largest absolute Gasteiger partial charge is 0.355 e. The Kier molecular flexibility index (Phi) is 5.84. The number of nitrogens with one attached hydrogen (secondary N) is 1. The number of hydrogen-bond acceptors (Lipinski definition) is 5. The second-order valence-electron chi connectivity index (χ2n) is 6.56. The van der Waals surface area contributed by atoms with E-state index in [-0.39, 0.29) is 16.7 Å². The number of hydrogen-bond donors (Lipinski definition) is 1. The summed E-state index contributed by atoms with van der Waals surface area (Å²) in [4.78, 5) is 32.1. The molecule has 136 valence electrons. The van der Waals surface area contributed by atoms with Crippen molar-refractivity contribution >= 4 is 39.2 Å². The predicted octanol–water partition coefficient (Wildman–Crippen LogP) is 3.64. The zero-order chi connectivity index (χ0) is 18.0. The molecule has 2 aromatic rings. The van der Waals surface area contributed by atoms with Crippen molar-refractivity contribution in [1.29, 1.82) is 0 Å². The van der Waals surface area contributed by atoms with E-state index >= 15 is 0 Å². The maximum atomic E-state index is 13.1. The van der Waals surface area contributed by atoms with Crippen molar-refractivity contribution in [3.8, 4) is 0 Å². The number of carbonyl (C=O) groups is 1. The van der Waals surface area contributed by atoms with Gasteiger partial charge in [0.2, 0.25) is 5.91 Å². The van der Waals surface area contributed by atoms with Gasteiger partial charge in [0.15, 0.2) is 5.16 Å². The lowest BCUT2D eigenvalue weighted by molar-refractivity contribution is -0.120. The van der Waals surface area contributed by atoms with Crippen LogP contribution in [0.2, 0.25) is 0 Å². The van der Waals surface area contributed by atoms with Gasteiger partial charge in [0, 0.05) is 18.0 Å². The number of fused-ring (bicyclic) bond motifs is 1. The number of thioether (sulfide) groups is 1. The first kappa shape index (κ1) is 18.5. The number of carbonyl (C=O) groups excluding carboxylic acids is 1. The van der Waals surface area contributed by atoms with Gasteiger partial charge in [-0.3, -0.25) is 14.2 Å². The molecule has 7 heteroatoms. The lowest BCUT2D eigenvalue weighted by Crippen LogP contribution is -2.32. The van der Waals surface area contributed by atoms with Gasteiger partial charge in [-0.25, -0.2) is 4.98 Å². The monoisotopic (exact) mass is 379 g/mol. The molecule has 3 rings (SSSR count). The smallest absolute Gasteiger partial charge is 0.263 e. The van der Waals surface area contributed by atoms with Gasteiger partial charge in [-0.2, -0.15) is 0 Å². The molecule has 1 aliphatic heterocycles. The van der Waals surface area contributed by atoms with Crippen LogP contribution in [0.25, 0.3) is 10.2 Å². The van der Waals surface area contributed by atoms with Gasteiger partial charge in [-0.05, 0) is 38.7 Å². The molecule has 0 aromatic carbocycles. The van der Waals surface area contributed by atoms with E-state index in [9.17, 15) is 9.59 Å². The lowest BCUT2D eigenvalue weighted by atomic mass is 10.2. The minimum Gasteiger partial charge on any atom is -0.355 e. The van der Waals surface area contributed by atoms with E-state index in [1.54, 1.807) is 15.9 Å². The first-order chi connectivity index (χ1) is 12.0. The second-order valence-corrected chi connectivity index (χ2v) is 8.93. The number of aryl methyl sites for hydroxylation is 2. The summed E-state index contributed by atoms with van der Waals surface area (Å²) in [6.45, 7) is 7.54. The molecule has 1 fully saturated rings. The van der Waals surface area contributed by atoms with Crippen molar-refractivity contribution < 1.29 is 4.79 Å². The molecule has 1 N–H and O–H groups in total. The Morgan fingerprint density at radius 3 is 2.88 bits per heavy atom. The molecule has 3 heterocycles. The fourth-order valence-electron chi connectivity index (χ4n) is 3.06. The summed E-state index contributed by atoms with van der Waals surface area (Å²) in [7, 11) is 0. The summed E-state index contributed by atoms with van der Waals surface area (Å²) in [5.41, 5.74) is 1.07. The highest BCUT2D eigenvalue weighted by atomic mass is 32.2. The van der Waals surface area contributed by atoms with Crippen LogP contribution in [0.3, 0.4) is 0 Å². The molecule has 1 amide bonds. The van der Waals surface area contributed by atoms with Crippen molar-refractivity contribution in [2.75, 3.05) is 6.54 Å². The van der Waals surface area contributed by atoms with E-state index in [2.05, 4.69) is 12.2 Å². The molecule has 1 atom stereocenters. The van der Waals surface area contributed by atoms with E-state index in [4.69, 9.17) is 4.98 Å². The van der Waals surface area contributed by atoms with Gasteiger partial charge in [0.05, 0.1) is 10.6 Å². The van der Waals surface area contributed by atoms with E-state index < -0.39 is 0 Å². The summed E-state index contributed by atoms with van der Waals surface area (Å²) in [5, 5.41) is 4.24. The Labute approximate surface area is 156 Å². The van der Waals surface area contributed by atoms with Gasteiger partial charge in [-0.15, -0.1) is 11.3 Å². The highest BCUT2D eigenvalue weighted by Crippen LogP contribution is 2.31. The zero-order valence-corrected chi connectivity index (χ0v) is 16.7. The summed E-state index contributed by atoms with van der Waals surface area (Å²) in [6.07, 6.45) is 4.82. The van der Waals surface area contributed by atoms with Crippen molar-refractivity contribution in [2.24, 2.45) is 0 Å². The number of thiophene rings is 1. The minimum atomic E-state index is -0.165. The van der Waals surface area contributed by atoms with Gasteiger partial charge in [-0.1, -0.05) is 31.5 Å². The molecule has 5 nitrogen and oxygen atoms in total. The molecule has 0 spiro atoms. The molecule has 0 bridgehead atoms. The third-order valence-electron chi connectivity index (χ3n) is 4.72. The average Bonchev–Trinajstić information content (AvgIpc) is 2.73. The number of aromatic nitrogens is 2. The number of unbranched alkanes of at least 4 members (excludes halogenated alkanes) is 1. The normalized spacial score (nSPS) is 18.4. The SMILES string of the molecule is CCCCn1c(S[C@@H]2CCCCNC2=O)nc2sc(C)c(C)c2c1=O. The topological polar surface area (TPSA) is 64.0 Å². The zero-order valence-electron chi connectivity index (χ0n) is 15.1.